The highest BCUT2D eigenvalue weighted by atomic mass is 16.5. The zero-order valence-corrected chi connectivity index (χ0v) is 14.5. The van der Waals surface area contributed by atoms with E-state index in [1.165, 1.54) is 6.08 Å². The lowest BCUT2D eigenvalue weighted by atomic mass is 10.1. The molecule has 0 unspecified atom stereocenters. The van der Waals surface area contributed by atoms with Crippen molar-refractivity contribution < 1.29 is 9.53 Å². The fourth-order valence-corrected chi connectivity index (χ4v) is 2.69. The molecule has 0 fully saturated rings. The van der Waals surface area contributed by atoms with Crippen LogP contribution in [0.4, 0.5) is 10.6 Å². The summed E-state index contributed by atoms with van der Waals surface area (Å²) in [5.74, 6) is 1.15. The summed E-state index contributed by atoms with van der Waals surface area (Å²) < 4.78 is 6.59. The van der Waals surface area contributed by atoms with Crippen molar-refractivity contribution in [3.63, 3.8) is 0 Å². The molecule has 3 aromatic rings. The Morgan fingerprint density at radius 2 is 2.08 bits per heavy atom. The van der Waals surface area contributed by atoms with Crippen molar-refractivity contribution in [2.45, 2.75) is 20.8 Å². The third-order valence-electron chi connectivity index (χ3n) is 3.85. The Balaban J connectivity index is 2.05. The number of hydrogen-bond acceptors (Lipinski definition) is 4. The first-order valence-electron chi connectivity index (χ1n) is 7.98. The van der Waals surface area contributed by atoms with Crippen molar-refractivity contribution in [2.75, 3.05) is 11.9 Å². The number of aromatic nitrogens is 3. The van der Waals surface area contributed by atoms with Gasteiger partial charge in [-0.2, -0.15) is 9.78 Å². The molecule has 1 amide bonds. The van der Waals surface area contributed by atoms with E-state index in [0.717, 1.165) is 27.7 Å². The predicted octanol–water partition coefficient (Wildman–Crippen LogP) is 4.08. The molecule has 0 spiro atoms. The summed E-state index contributed by atoms with van der Waals surface area (Å²) in [7, 11) is 0. The number of anilines is 1. The van der Waals surface area contributed by atoms with Crippen LogP contribution in [-0.4, -0.2) is 27.5 Å². The van der Waals surface area contributed by atoms with Gasteiger partial charge >= 0.3 is 6.09 Å². The largest absolute Gasteiger partial charge is 0.445 e. The number of benzene rings is 1. The molecule has 6 nitrogen and oxygen atoms in total. The molecule has 0 aliphatic heterocycles. The molecular weight excluding hydrogens is 316 g/mol. The highest BCUT2D eigenvalue weighted by molar-refractivity contribution is 5.86. The fourth-order valence-electron chi connectivity index (χ4n) is 2.69. The molecule has 0 saturated carbocycles. The summed E-state index contributed by atoms with van der Waals surface area (Å²) in [5.41, 5.74) is 3.87. The molecule has 0 saturated heterocycles. The van der Waals surface area contributed by atoms with E-state index in [-0.39, 0.29) is 6.61 Å². The predicted molar refractivity (Wildman–Crippen MR) is 98.2 cm³/mol. The van der Waals surface area contributed by atoms with Crippen LogP contribution in [0, 0.1) is 20.8 Å². The van der Waals surface area contributed by atoms with Crippen molar-refractivity contribution in [3.8, 4) is 5.82 Å². The number of hydrogen-bond donors (Lipinski definition) is 1. The summed E-state index contributed by atoms with van der Waals surface area (Å²) in [6, 6.07) is 9.82. The maximum Gasteiger partial charge on any atom is 0.413 e. The van der Waals surface area contributed by atoms with Gasteiger partial charge in [-0.05, 0) is 38.0 Å². The number of ether oxygens (including phenoxy) is 1. The van der Waals surface area contributed by atoms with E-state index in [0.29, 0.717) is 11.6 Å². The van der Waals surface area contributed by atoms with Crippen LogP contribution in [0.5, 0.6) is 0 Å². The van der Waals surface area contributed by atoms with Crippen molar-refractivity contribution in [2.24, 2.45) is 0 Å². The molecule has 1 N–H and O–H groups in total. The van der Waals surface area contributed by atoms with E-state index in [2.05, 4.69) is 23.1 Å². The first kappa shape index (κ1) is 16.7. The molecule has 3 rings (SSSR count). The van der Waals surface area contributed by atoms with Gasteiger partial charge in [0.05, 0.1) is 11.2 Å². The molecule has 0 atom stereocenters. The van der Waals surface area contributed by atoms with Crippen LogP contribution < -0.4 is 5.32 Å². The zero-order chi connectivity index (χ0) is 18.0. The van der Waals surface area contributed by atoms with Gasteiger partial charge in [-0.3, -0.25) is 5.32 Å². The number of nitrogens with one attached hydrogen (secondary N) is 1. The minimum absolute atomic E-state index is 0.144. The second-order valence-electron chi connectivity index (χ2n) is 5.86. The fraction of sp³-hybridized carbons (Fsp3) is 0.211. The third-order valence-corrected chi connectivity index (χ3v) is 3.85. The summed E-state index contributed by atoms with van der Waals surface area (Å²) >= 11 is 0. The number of fused-ring (bicyclic) bond motifs is 1. The van der Waals surface area contributed by atoms with Gasteiger partial charge < -0.3 is 4.74 Å². The maximum absolute atomic E-state index is 11.9. The molecule has 2 heterocycles. The molecule has 25 heavy (non-hydrogen) atoms. The maximum atomic E-state index is 11.9. The molecule has 0 radical (unpaired) electrons. The molecule has 0 aliphatic carbocycles. The van der Waals surface area contributed by atoms with E-state index in [1.54, 1.807) is 10.7 Å². The number of carbonyl (C=O) groups excluding carboxylic acids is 1. The average molecular weight is 336 g/mol. The second kappa shape index (κ2) is 6.76. The summed E-state index contributed by atoms with van der Waals surface area (Å²) in [6.07, 6.45) is 0.953. The van der Waals surface area contributed by atoms with Crippen LogP contribution >= 0.6 is 0 Å². The number of pyridine rings is 1. The van der Waals surface area contributed by atoms with Gasteiger partial charge in [-0.15, -0.1) is 0 Å². The summed E-state index contributed by atoms with van der Waals surface area (Å²) in [4.78, 5) is 16.6. The van der Waals surface area contributed by atoms with Gasteiger partial charge in [-0.1, -0.05) is 30.9 Å². The van der Waals surface area contributed by atoms with E-state index in [1.807, 2.05) is 39.0 Å². The number of aryl methyl sites for hydroxylation is 3. The number of nitrogens with zero attached hydrogens (tertiary/aromatic N) is 3. The SMILES string of the molecule is C=CCOC(=O)Nc1cc(C)nn1-c1cc(C)c2cccc(C)c2n1. The van der Waals surface area contributed by atoms with Crippen molar-refractivity contribution in [3.05, 3.63) is 59.8 Å². The van der Waals surface area contributed by atoms with Crippen molar-refractivity contribution >= 4 is 22.8 Å². The standard InChI is InChI=1S/C19H20N4O2/c1-5-9-25-19(24)21-17-11-14(4)22-23(17)16-10-13(3)15-8-6-7-12(2)18(15)20-16/h5-8,10-11H,1,9H2,2-4H3,(H,21,24). The van der Waals surface area contributed by atoms with Gasteiger partial charge in [0, 0.05) is 11.5 Å². The third kappa shape index (κ3) is 3.38. The van der Waals surface area contributed by atoms with E-state index < -0.39 is 6.09 Å². The van der Waals surface area contributed by atoms with Crippen LogP contribution in [-0.2, 0) is 4.74 Å². The van der Waals surface area contributed by atoms with Crippen LogP contribution in [0.15, 0.2) is 43.0 Å². The number of carbonyl (C=O) groups is 1. The first-order valence-corrected chi connectivity index (χ1v) is 7.98. The lowest BCUT2D eigenvalue weighted by Crippen LogP contribution is -2.17. The lowest BCUT2D eigenvalue weighted by Gasteiger charge is -2.11. The minimum Gasteiger partial charge on any atom is -0.445 e. The molecular formula is C19H20N4O2. The Morgan fingerprint density at radius 1 is 1.28 bits per heavy atom. The highest BCUT2D eigenvalue weighted by Gasteiger charge is 2.14. The lowest BCUT2D eigenvalue weighted by molar-refractivity contribution is 0.174. The molecule has 6 heteroatoms. The Morgan fingerprint density at radius 3 is 2.84 bits per heavy atom. The summed E-state index contributed by atoms with van der Waals surface area (Å²) in [5, 5.41) is 8.26. The van der Waals surface area contributed by atoms with E-state index in [4.69, 9.17) is 9.72 Å². The quantitative estimate of drug-likeness (QED) is 0.729. The van der Waals surface area contributed by atoms with Crippen LogP contribution in [0.2, 0.25) is 0 Å². The van der Waals surface area contributed by atoms with Gasteiger partial charge in [0.15, 0.2) is 5.82 Å². The Labute approximate surface area is 146 Å². The smallest absolute Gasteiger partial charge is 0.413 e. The van der Waals surface area contributed by atoms with Crippen molar-refractivity contribution in [1.29, 1.82) is 0 Å². The van der Waals surface area contributed by atoms with E-state index >= 15 is 0 Å². The first-order chi connectivity index (χ1) is 12.0. The normalized spacial score (nSPS) is 10.7. The van der Waals surface area contributed by atoms with Gasteiger partial charge in [0.1, 0.15) is 12.4 Å². The average Bonchev–Trinajstić information content (AvgIpc) is 2.94. The van der Waals surface area contributed by atoms with Crippen molar-refractivity contribution in [1.82, 2.24) is 14.8 Å². The molecule has 0 bridgehead atoms. The Kier molecular flexibility index (Phi) is 4.52. The molecule has 128 valence electrons. The topological polar surface area (TPSA) is 69.0 Å². The molecule has 2 aromatic heterocycles. The number of amides is 1. The Hall–Kier alpha value is -3.15. The number of para-hydroxylation sites is 1. The van der Waals surface area contributed by atoms with Crippen LogP contribution in [0.1, 0.15) is 16.8 Å². The minimum atomic E-state index is -0.560. The van der Waals surface area contributed by atoms with Gasteiger partial charge in [-0.25, -0.2) is 9.78 Å². The van der Waals surface area contributed by atoms with E-state index in [9.17, 15) is 4.79 Å². The molecule has 0 aliphatic rings. The van der Waals surface area contributed by atoms with Gasteiger partial charge in [0.2, 0.25) is 0 Å². The zero-order valence-electron chi connectivity index (χ0n) is 14.5. The van der Waals surface area contributed by atoms with Crippen LogP contribution in [0.25, 0.3) is 16.7 Å². The molecule has 1 aromatic carbocycles. The highest BCUT2D eigenvalue weighted by Crippen LogP contribution is 2.24. The summed E-state index contributed by atoms with van der Waals surface area (Å²) in [6.45, 7) is 9.59. The van der Waals surface area contributed by atoms with Gasteiger partial charge in [0.25, 0.3) is 0 Å². The number of rotatable bonds is 4. The van der Waals surface area contributed by atoms with Crippen LogP contribution in [0.3, 0.4) is 0 Å². The second-order valence-corrected chi connectivity index (χ2v) is 5.86. The Bertz CT molecular complexity index is 959. The monoisotopic (exact) mass is 336 g/mol.